The van der Waals surface area contributed by atoms with E-state index in [0.717, 1.165) is 27.8 Å². The largest absolute Gasteiger partial charge is 0.363 e. The van der Waals surface area contributed by atoms with Crippen LogP contribution in [0.25, 0.3) is 16.7 Å². The fourth-order valence-corrected chi connectivity index (χ4v) is 5.62. The Morgan fingerprint density at radius 3 is 2.77 bits per heavy atom. The first-order chi connectivity index (χ1) is 18.8. The van der Waals surface area contributed by atoms with E-state index in [1.54, 1.807) is 6.20 Å². The highest BCUT2D eigenvalue weighted by Crippen LogP contribution is 2.46. The molecule has 1 saturated carbocycles. The Labute approximate surface area is 226 Å². The predicted molar refractivity (Wildman–Crippen MR) is 147 cm³/mol. The van der Waals surface area contributed by atoms with Gasteiger partial charge in [0.05, 0.1) is 35.5 Å². The van der Waals surface area contributed by atoms with E-state index in [0.29, 0.717) is 49.6 Å². The fraction of sp³-hybridized carbons (Fsp3) is 0.379. The van der Waals surface area contributed by atoms with E-state index >= 15 is 0 Å². The molecule has 1 amide bonds. The molecule has 1 aromatic carbocycles. The topological polar surface area (TPSA) is 126 Å². The van der Waals surface area contributed by atoms with Crippen molar-refractivity contribution in [3.8, 4) is 12.1 Å². The Kier molecular flexibility index (Phi) is 5.84. The van der Waals surface area contributed by atoms with Gasteiger partial charge in [0.1, 0.15) is 17.1 Å². The Hall–Kier alpha value is -4.70. The molecule has 10 nitrogen and oxygen atoms in total. The molecule has 10 heteroatoms. The van der Waals surface area contributed by atoms with Gasteiger partial charge in [-0.3, -0.25) is 9.20 Å². The van der Waals surface area contributed by atoms with Crippen LogP contribution in [0.5, 0.6) is 0 Å². The van der Waals surface area contributed by atoms with Crippen LogP contribution in [0.4, 0.5) is 11.6 Å². The van der Waals surface area contributed by atoms with Crippen LogP contribution in [-0.2, 0) is 4.79 Å². The molecule has 0 bridgehead atoms. The lowest BCUT2D eigenvalue weighted by molar-refractivity contribution is -0.135. The summed E-state index contributed by atoms with van der Waals surface area (Å²) < 4.78 is 1.92. The normalized spacial score (nSPS) is 18.9. The number of nitrogens with zero attached hydrogens (tertiary/aromatic N) is 8. The Morgan fingerprint density at radius 2 is 2.05 bits per heavy atom. The zero-order chi connectivity index (χ0) is 27.3. The molecule has 0 unspecified atom stereocenters. The number of benzene rings is 1. The summed E-state index contributed by atoms with van der Waals surface area (Å²) in [6.07, 6.45) is 6.75. The molecule has 1 aliphatic carbocycles. The van der Waals surface area contributed by atoms with Gasteiger partial charge in [0.2, 0.25) is 11.7 Å². The number of aromatic nitrogens is 4. The number of imidazole rings is 1. The molecule has 1 N–H and O–H groups in total. The Bertz CT molecular complexity index is 1690. The summed E-state index contributed by atoms with van der Waals surface area (Å²) in [5.41, 5.74) is 2.71. The number of anilines is 2. The highest BCUT2D eigenvalue weighted by atomic mass is 16.2. The average molecular weight is 520 g/mol. The maximum Gasteiger partial charge on any atom is 0.243 e. The number of rotatable bonds is 5. The molecule has 1 aliphatic heterocycles. The van der Waals surface area contributed by atoms with Gasteiger partial charge in [-0.1, -0.05) is 12.1 Å². The van der Waals surface area contributed by atoms with Gasteiger partial charge >= 0.3 is 0 Å². The number of hydrogen-bond acceptors (Lipinski definition) is 8. The standard InChI is InChI=1S/C29H29N9O/c1-18-16-36(27(39)29(17-31)7-8-29)11-12-37(18)25-13-23-24(15-33-25)38-10-9-32-28(38)35-26(23)34-20(3)22-6-4-5-21(14-30)19(22)2/h4-6,9-10,13,15,18,20H,7-8,11-12,16H2,1-3H3,(H,32,34,35)/t18-,20+/m0/s1. The SMILES string of the molecule is Cc1c(C#N)cccc1[C@@H](C)Nc1nc2nccn2c2cnc(N3CCN(C(=O)C4(C#N)CC4)C[C@@H]3C)cc12. The third-order valence-corrected chi connectivity index (χ3v) is 8.11. The van der Waals surface area contributed by atoms with Crippen molar-refractivity contribution in [2.75, 3.05) is 29.9 Å². The van der Waals surface area contributed by atoms with Gasteiger partial charge in [0, 0.05) is 43.5 Å². The van der Waals surface area contributed by atoms with E-state index in [-0.39, 0.29) is 18.0 Å². The van der Waals surface area contributed by atoms with Gasteiger partial charge < -0.3 is 15.1 Å². The fourth-order valence-electron chi connectivity index (χ4n) is 5.62. The lowest BCUT2D eigenvalue weighted by Crippen LogP contribution is -2.55. The number of nitriles is 2. The molecule has 39 heavy (non-hydrogen) atoms. The zero-order valence-corrected chi connectivity index (χ0v) is 22.2. The van der Waals surface area contributed by atoms with Crippen molar-refractivity contribution < 1.29 is 4.79 Å². The summed E-state index contributed by atoms with van der Waals surface area (Å²) in [5, 5.41) is 23.4. The highest BCUT2D eigenvalue weighted by Gasteiger charge is 2.53. The van der Waals surface area contributed by atoms with Gasteiger partial charge in [0.15, 0.2) is 0 Å². The number of amides is 1. The first-order valence-electron chi connectivity index (χ1n) is 13.2. The monoisotopic (exact) mass is 519 g/mol. The maximum absolute atomic E-state index is 12.9. The third-order valence-electron chi connectivity index (χ3n) is 8.11. The summed E-state index contributed by atoms with van der Waals surface area (Å²) in [4.78, 5) is 31.0. The zero-order valence-electron chi connectivity index (χ0n) is 22.2. The molecule has 4 aromatic rings. The third kappa shape index (κ3) is 4.09. The molecule has 1 saturated heterocycles. The quantitative estimate of drug-likeness (QED) is 0.420. The predicted octanol–water partition coefficient (Wildman–Crippen LogP) is 3.97. The molecule has 3 aromatic heterocycles. The van der Waals surface area contributed by atoms with Crippen molar-refractivity contribution in [2.24, 2.45) is 5.41 Å². The van der Waals surface area contributed by atoms with Gasteiger partial charge in [-0.2, -0.15) is 15.5 Å². The van der Waals surface area contributed by atoms with Crippen LogP contribution in [-0.4, -0.2) is 55.8 Å². The Balaban J connectivity index is 1.33. The van der Waals surface area contributed by atoms with Crippen molar-refractivity contribution >= 4 is 34.2 Å². The minimum absolute atomic E-state index is 0.0362. The highest BCUT2D eigenvalue weighted by molar-refractivity contribution is 5.93. The smallest absolute Gasteiger partial charge is 0.243 e. The number of piperazine rings is 1. The molecule has 2 aliphatic rings. The molecule has 0 radical (unpaired) electrons. The second-order valence-electron chi connectivity index (χ2n) is 10.6. The molecular formula is C29H29N9O. The van der Waals surface area contributed by atoms with Crippen molar-refractivity contribution in [2.45, 2.75) is 45.7 Å². The van der Waals surface area contributed by atoms with Gasteiger partial charge in [0.25, 0.3) is 0 Å². The summed E-state index contributed by atoms with van der Waals surface area (Å²) in [6, 6.07) is 12.2. The summed E-state index contributed by atoms with van der Waals surface area (Å²) in [5.74, 6) is 2.03. The number of fused-ring (bicyclic) bond motifs is 3. The van der Waals surface area contributed by atoms with Crippen molar-refractivity contribution in [3.05, 3.63) is 59.5 Å². The minimum atomic E-state index is -0.798. The van der Waals surface area contributed by atoms with Crippen molar-refractivity contribution in [3.63, 3.8) is 0 Å². The van der Waals surface area contributed by atoms with Gasteiger partial charge in [-0.05, 0) is 56.9 Å². The molecule has 2 atom stereocenters. The number of carbonyl (C=O) groups excluding carboxylic acids is 1. The molecule has 196 valence electrons. The van der Waals surface area contributed by atoms with Crippen LogP contribution in [0.15, 0.2) is 42.9 Å². The van der Waals surface area contributed by atoms with E-state index in [4.69, 9.17) is 9.97 Å². The van der Waals surface area contributed by atoms with Crippen molar-refractivity contribution in [1.29, 1.82) is 10.5 Å². The van der Waals surface area contributed by atoms with Crippen LogP contribution in [0.1, 0.15) is 49.4 Å². The number of nitrogens with one attached hydrogen (secondary N) is 1. The number of pyridine rings is 1. The first kappa shape index (κ1) is 24.6. The van der Waals surface area contributed by atoms with Gasteiger partial charge in [-0.15, -0.1) is 0 Å². The van der Waals surface area contributed by atoms with Crippen LogP contribution in [0, 0.1) is 35.0 Å². The van der Waals surface area contributed by atoms with Crippen LogP contribution < -0.4 is 10.2 Å². The van der Waals surface area contributed by atoms with Gasteiger partial charge in [-0.25, -0.2) is 9.97 Å². The lowest BCUT2D eigenvalue weighted by atomic mass is 9.98. The summed E-state index contributed by atoms with van der Waals surface area (Å²) in [6.45, 7) is 7.85. The average Bonchev–Trinajstić information content (AvgIpc) is 3.61. The van der Waals surface area contributed by atoms with E-state index in [2.05, 4.69) is 41.2 Å². The summed E-state index contributed by atoms with van der Waals surface area (Å²) in [7, 11) is 0. The summed E-state index contributed by atoms with van der Waals surface area (Å²) >= 11 is 0. The molecule has 4 heterocycles. The second kappa shape index (κ2) is 9.25. The van der Waals surface area contributed by atoms with E-state index in [9.17, 15) is 15.3 Å². The van der Waals surface area contributed by atoms with E-state index in [1.165, 1.54) is 0 Å². The van der Waals surface area contributed by atoms with E-state index in [1.807, 2.05) is 52.9 Å². The van der Waals surface area contributed by atoms with E-state index < -0.39 is 5.41 Å². The number of hydrogen-bond donors (Lipinski definition) is 1. The molecule has 0 spiro atoms. The van der Waals surface area contributed by atoms with Crippen molar-refractivity contribution in [1.82, 2.24) is 24.3 Å². The molecular weight excluding hydrogens is 490 g/mol. The molecule has 2 fully saturated rings. The Morgan fingerprint density at radius 1 is 1.23 bits per heavy atom. The minimum Gasteiger partial charge on any atom is -0.363 e. The van der Waals surface area contributed by atoms with Crippen LogP contribution in [0.2, 0.25) is 0 Å². The first-order valence-corrected chi connectivity index (χ1v) is 13.2. The van der Waals surface area contributed by atoms with Crippen LogP contribution in [0.3, 0.4) is 0 Å². The van der Waals surface area contributed by atoms with Crippen LogP contribution >= 0.6 is 0 Å². The maximum atomic E-state index is 12.9. The number of carbonyl (C=O) groups is 1. The second-order valence-corrected chi connectivity index (χ2v) is 10.6. The molecule has 6 rings (SSSR count). The lowest BCUT2D eigenvalue weighted by Gasteiger charge is -2.41.